The van der Waals surface area contributed by atoms with E-state index in [0.717, 1.165) is 5.56 Å². The third-order valence-electron chi connectivity index (χ3n) is 1.85. The normalized spacial score (nSPS) is 12.1. The van der Waals surface area contributed by atoms with Crippen LogP contribution in [0.2, 0.25) is 0 Å². The Hall–Kier alpha value is -1.56. The van der Waals surface area contributed by atoms with Gasteiger partial charge in [-0.2, -0.15) is 0 Å². The first-order valence-corrected chi connectivity index (χ1v) is 5.24. The lowest BCUT2D eigenvalue weighted by atomic mass is 10.2. The van der Waals surface area contributed by atoms with Gasteiger partial charge in [0.2, 0.25) is 0 Å². The minimum absolute atomic E-state index is 0.402. The zero-order valence-electron chi connectivity index (χ0n) is 9.39. The van der Waals surface area contributed by atoms with Crippen molar-refractivity contribution in [2.45, 2.75) is 19.6 Å². The summed E-state index contributed by atoms with van der Waals surface area (Å²) in [4.78, 5) is 0. The lowest BCUT2D eigenvalue weighted by molar-refractivity contribution is 0.153. The summed E-state index contributed by atoms with van der Waals surface area (Å²) in [6, 6.07) is 9.97. The summed E-state index contributed by atoms with van der Waals surface area (Å²) in [7, 11) is 0. The van der Waals surface area contributed by atoms with Crippen molar-refractivity contribution in [2.75, 3.05) is 6.61 Å². The topological polar surface area (TPSA) is 29.5 Å². The van der Waals surface area contributed by atoms with Gasteiger partial charge in [0.25, 0.3) is 0 Å². The van der Waals surface area contributed by atoms with Crippen LogP contribution < -0.4 is 0 Å². The second-order valence-electron chi connectivity index (χ2n) is 3.40. The van der Waals surface area contributed by atoms with Gasteiger partial charge in [0.15, 0.2) is 0 Å². The summed E-state index contributed by atoms with van der Waals surface area (Å²) < 4.78 is 5.36. The lowest BCUT2D eigenvalue weighted by Crippen LogP contribution is -1.92. The number of benzene rings is 1. The Morgan fingerprint density at radius 3 is 2.81 bits per heavy atom. The van der Waals surface area contributed by atoms with Crippen LogP contribution in [0.25, 0.3) is 0 Å². The Labute approximate surface area is 96.6 Å². The number of allylic oxidation sites excluding steroid dienone is 1. The third-order valence-corrected chi connectivity index (χ3v) is 1.85. The maximum absolute atomic E-state index is 8.92. The number of aliphatic hydroxyl groups is 1. The Bertz CT molecular complexity index is 369. The molecule has 1 atom stereocenters. The van der Waals surface area contributed by atoms with Gasteiger partial charge in [-0.1, -0.05) is 42.2 Å². The zero-order chi connectivity index (χ0) is 11.6. The summed E-state index contributed by atoms with van der Waals surface area (Å²) in [5.41, 5.74) is 1.14. The van der Waals surface area contributed by atoms with Gasteiger partial charge >= 0.3 is 0 Å². The van der Waals surface area contributed by atoms with E-state index in [0.29, 0.717) is 13.2 Å². The molecule has 1 aromatic carbocycles. The van der Waals surface area contributed by atoms with Crippen LogP contribution in [0.15, 0.2) is 42.5 Å². The largest absolute Gasteiger partial charge is 0.389 e. The van der Waals surface area contributed by atoms with E-state index in [-0.39, 0.29) is 0 Å². The minimum atomic E-state index is -0.445. The number of ether oxygens (including phenoxy) is 1. The molecule has 2 heteroatoms. The van der Waals surface area contributed by atoms with Gasteiger partial charge in [-0.15, -0.1) is 0 Å². The summed E-state index contributed by atoms with van der Waals surface area (Å²) in [5.74, 6) is 5.63. The molecular formula is C14H16O2. The molecule has 84 valence electrons. The van der Waals surface area contributed by atoms with Gasteiger partial charge in [-0.3, -0.25) is 0 Å². The van der Waals surface area contributed by atoms with Crippen LogP contribution in [-0.4, -0.2) is 17.8 Å². The minimum Gasteiger partial charge on any atom is -0.389 e. The maximum atomic E-state index is 8.92. The molecule has 1 rings (SSSR count). The van der Waals surface area contributed by atoms with Crippen molar-refractivity contribution in [3.8, 4) is 11.8 Å². The summed E-state index contributed by atoms with van der Waals surface area (Å²) in [5, 5.41) is 8.92. The molecule has 0 aliphatic rings. The predicted molar refractivity (Wildman–Crippen MR) is 64.7 cm³/mol. The molecule has 1 unspecified atom stereocenters. The Balaban J connectivity index is 2.17. The molecule has 1 aromatic rings. The summed E-state index contributed by atoms with van der Waals surface area (Å²) in [6.45, 7) is 2.67. The summed E-state index contributed by atoms with van der Waals surface area (Å²) >= 11 is 0. The molecule has 0 aliphatic heterocycles. The molecule has 0 heterocycles. The van der Waals surface area contributed by atoms with Gasteiger partial charge in [-0.25, -0.2) is 0 Å². The van der Waals surface area contributed by atoms with Crippen molar-refractivity contribution >= 4 is 0 Å². The predicted octanol–water partition coefficient (Wildman–Crippen LogP) is 2.14. The van der Waals surface area contributed by atoms with Crippen LogP contribution in [0, 0.1) is 11.8 Å². The highest BCUT2D eigenvalue weighted by atomic mass is 16.5. The van der Waals surface area contributed by atoms with Crippen LogP contribution in [-0.2, 0) is 11.3 Å². The van der Waals surface area contributed by atoms with Crippen molar-refractivity contribution in [1.82, 2.24) is 0 Å². The van der Waals surface area contributed by atoms with Crippen molar-refractivity contribution in [3.63, 3.8) is 0 Å². The van der Waals surface area contributed by atoms with Crippen LogP contribution >= 0.6 is 0 Å². The first kappa shape index (κ1) is 12.5. The van der Waals surface area contributed by atoms with E-state index in [1.165, 1.54) is 0 Å². The lowest BCUT2D eigenvalue weighted by Gasteiger charge is -1.98. The number of hydrogen-bond donors (Lipinski definition) is 1. The fourth-order valence-electron chi connectivity index (χ4n) is 1.08. The Kier molecular flexibility index (Phi) is 6.02. The first-order chi connectivity index (χ1) is 7.79. The molecule has 2 nitrogen and oxygen atoms in total. The third kappa shape index (κ3) is 6.02. The van der Waals surface area contributed by atoms with E-state index >= 15 is 0 Å². The van der Waals surface area contributed by atoms with Gasteiger partial charge in [0, 0.05) is 0 Å². The molecule has 0 radical (unpaired) electrons. The van der Waals surface area contributed by atoms with Crippen molar-refractivity contribution in [2.24, 2.45) is 0 Å². The van der Waals surface area contributed by atoms with Gasteiger partial charge in [0.1, 0.15) is 6.61 Å². The van der Waals surface area contributed by atoms with Crippen molar-refractivity contribution in [3.05, 3.63) is 48.0 Å². The molecular weight excluding hydrogens is 200 g/mol. The molecule has 0 saturated heterocycles. The van der Waals surface area contributed by atoms with E-state index in [4.69, 9.17) is 9.84 Å². The molecule has 1 N–H and O–H groups in total. The molecule has 16 heavy (non-hydrogen) atoms. The van der Waals surface area contributed by atoms with Gasteiger partial charge < -0.3 is 9.84 Å². The highest BCUT2D eigenvalue weighted by Gasteiger charge is 1.88. The summed E-state index contributed by atoms with van der Waals surface area (Å²) in [6.07, 6.45) is 2.82. The standard InChI is InChI=1S/C14H16O2/c1-13(15)8-4-3-7-11-16-12-14-9-5-2-6-10-14/h2,4-6,8-10,13,15H,11-12H2,1H3/b8-4+. The zero-order valence-corrected chi connectivity index (χ0v) is 9.39. The maximum Gasteiger partial charge on any atom is 0.108 e. The molecule has 0 amide bonds. The van der Waals surface area contributed by atoms with E-state index < -0.39 is 6.10 Å². The van der Waals surface area contributed by atoms with E-state index in [1.54, 1.807) is 19.1 Å². The van der Waals surface area contributed by atoms with Gasteiger partial charge in [0.05, 0.1) is 12.7 Å². The van der Waals surface area contributed by atoms with Crippen LogP contribution in [0.4, 0.5) is 0 Å². The van der Waals surface area contributed by atoms with Crippen LogP contribution in [0.3, 0.4) is 0 Å². The van der Waals surface area contributed by atoms with E-state index in [1.807, 2.05) is 30.3 Å². The monoisotopic (exact) mass is 216 g/mol. The second kappa shape index (κ2) is 7.70. The van der Waals surface area contributed by atoms with Crippen molar-refractivity contribution in [1.29, 1.82) is 0 Å². The Morgan fingerprint density at radius 1 is 1.38 bits per heavy atom. The molecule has 0 fully saturated rings. The fourth-order valence-corrected chi connectivity index (χ4v) is 1.08. The van der Waals surface area contributed by atoms with Crippen LogP contribution in [0.1, 0.15) is 12.5 Å². The molecule has 0 spiro atoms. The van der Waals surface area contributed by atoms with Crippen LogP contribution in [0.5, 0.6) is 0 Å². The Morgan fingerprint density at radius 2 is 2.12 bits per heavy atom. The molecule has 0 saturated carbocycles. The highest BCUT2D eigenvalue weighted by Crippen LogP contribution is 1.99. The van der Waals surface area contributed by atoms with E-state index in [2.05, 4.69) is 11.8 Å². The van der Waals surface area contributed by atoms with Crippen molar-refractivity contribution < 1.29 is 9.84 Å². The average molecular weight is 216 g/mol. The van der Waals surface area contributed by atoms with E-state index in [9.17, 15) is 0 Å². The molecule has 0 bridgehead atoms. The number of aliphatic hydroxyl groups excluding tert-OH is 1. The smallest absolute Gasteiger partial charge is 0.108 e. The average Bonchev–Trinajstić information content (AvgIpc) is 2.29. The SMILES string of the molecule is CC(O)/C=C/C#CCOCc1ccccc1. The first-order valence-electron chi connectivity index (χ1n) is 5.24. The number of hydrogen-bond acceptors (Lipinski definition) is 2. The highest BCUT2D eigenvalue weighted by molar-refractivity contribution is 5.17. The second-order valence-corrected chi connectivity index (χ2v) is 3.40. The van der Waals surface area contributed by atoms with Gasteiger partial charge in [-0.05, 0) is 24.6 Å². The molecule has 0 aliphatic carbocycles. The number of rotatable bonds is 4. The fraction of sp³-hybridized carbons (Fsp3) is 0.286. The quantitative estimate of drug-likeness (QED) is 0.617. The molecule has 0 aromatic heterocycles.